The molecule has 0 aliphatic heterocycles. The SMILES string of the molecule is NCCOCCOCCNc1nc(NCc2ccccc2)nc(N(Cc2ccccc2)Cc2ccccc2)n1. The molecule has 0 amide bonds. The summed E-state index contributed by atoms with van der Waals surface area (Å²) in [4.78, 5) is 16.4. The van der Waals surface area contributed by atoms with Crippen LogP contribution in [0.25, 0.3) is 0 Å². The molecule has 4 N–H and O–H groups in total. The van der Waals surface area contributed by atoms with Gasteiger partial charge in [0, 0.05) is 32.7 Å². The van der Waals surface area contributed by atoms with Crippen molar-refractivity contribution in [3.63, 3.8) is 0 Å². The fourth-order valence-corrected chi connectivity index (χ4v) is 3.89. The van der Waals surface area contributed by atoms with E-state index in [1.54, 1.807) is 0 Å². The first kappa shape index (κ1) is 28.0. The van der Waals surface area contributed by atoms with Gasteiger partial charge < -0.3 is 30.7 Å². The number of anilines is 3. The summed E-state index contributed by atoms with van der Waals surface area (Å²) in [6, 6.07) is 30.9. The molecule has 3 aromatic carbocycles. The van der Waals surface area contributed by atoms with Gasteiger partial charge in [-0.2, -0.15) is 15.0 Å². The van der Waals surface area contributed by atoms with Crippen LogP contribution in [-0.4, -0.2) is 54.5 Å². The second-order valence-electron chi connectivity index (χ2n) is 8.89. The van der Waals surface area contributed by atoms with Crippen LogP contribution in [0.2, 0.25) is 0 Å². The summed E-state index contributed by atoms with van der Waals surface area (Å²) >= 11 is 0. The van der Waals surface area contributed by atoms with E-state index in [-0.39, 0.29) is 0 Å². The monoisotopic (exact) mass is 527 g/mol. The molecule has 0 atom stereocenters. The Hall–Kier alpha value is -4.05. The second kappa shape index (κ2) is 16.0. The zero-order chi connectivity index (χ0) is 27.0. The molecule has 0 radical (unpaired) electrons. The van der Waals surface area contributed by atoms with Crippen molar-refractivity contribution in [3.05, 3.63) is 108 Å². The Morgan fingerprint density at radius 2 is 1.10 bits per heavy atom. The number of nitrogens with zero attached hydrogens (tertiary/aromatic N) is 4. The quantitative estimate of drug-likeness (QED) is 0.175. The van der Waals surface area contributed by atoms with Crippen molar-refractivity contribution in [1.29, 1.82) is 0 Å². The number of nitrogens with two attached hydrogens (primary N) is 1. The third kappa shape index (κ3) is 9.97. The van der Waals surface area contributed by atoms with Crippen LogP contribution < -0.4 is 21.3 Å². The molecule has 0 fully saturated rings. The molecule has 204 valence electrons. The van der Waals surface area contributed by atoms with Crippen molar-refractivity contribution in [3.8, 4) is 0 Å². The average Bonchev–Trinajstić information content (AvgIpc) is 2.99. The normalized spacial score (nSPS) is 10.8. The van der Waals surface area contributed by atoms with Gasteiger partial charge in [0.1, 0.15) is 0 Å². The summed E-state index contributed by atoms with van der Waals surface area (Å²) in [6.07, 6.45) is 0. The number of aromatic nitrogens is 3. The Labute approximate surface area is 230 Å². The molecular weight excluding hydrogens is 490 g/mol. The number of hydrogen-bond acceptors (Lipinski definition) is 9. The minimum absolute atomic E-state index is 0.490. The van der Waals surface area contributed by atoms with Crippen LogP contribution in [0.3, 0.4) is 0 Å². The Morgan fingerprint density at radius 3 is 1.67 bits per heavy atom. The Balaban J connectivity index is 1.51. The highest BCUT2D eigenvalue weighted by Gasteiger charge is 2.15. The molecule has 39 heavy (non-hydrogen) atoms. The predicted molar refractivity (Wildman–Crippen MR) is 156 cm³/mol. The van der Waals surface area contributed by atoms with Crippen molar-refractivity contribution < 1.29 is 9.47 Å². The summed E-state index contributed by atoms with van der Waals surface area (Å²) in [7, 11) is 0. The fourth-order valence-electron chi connectivity index (χ4n) is 3.89. The molecule has 0 aliphatic carbocycles. The number of rotatable bonds is 17. The van der Waals surface area contributed by atoms with E-state index in [2.05, 4.69) is 56.9 Å². The van der Waals surface area contributed by atoms with E-state index in [1.807, 2.05) is 54.6 Å². The summed E-state index contributed by atoms with van der Waals surface area (Å²) in [5.41, 5.74) is 8.93. The smallest absolute Gasteiger partial charge is 0.232 e. The van der Waals surface area contributed by atoms with Gasteiger partial charge in [0.2, 0.25) is 17.8 Å². The molecule has 9 heteroatoms. The minimum atomic E-state index is 0.490. The summed E-state index contributed by atoms with van der Waals surface area (Å²) in [5, 5.41) is 6.66. The molecule has 4 aromatic rings. The van der Waals surface area contributed by atoms with Gasteiger partial charge in [0.25, 0.3) is 0 Å². The molecule has 0 unspecified atom stereocenters. The van der Waals surface area contributed by atoms with Gasteiger partial charge in [-0.1, -0.05) is 91.0 Å². The van der Waals surface area contributed by atoms with E-state index in [9.17, 15) is 0 Å². The van der Waals surface area contributed by atoms with Gasteiger partial charge >= 0.3 is 0 Å². The Kier molecular flexibility index (Phi) is 11.5. The Bertz CT molecular complexity index is 1170. The van der Waals surface area contributed by atoms with Gasteiger partial charge in [-0.05, 0) is 16.7 Å². The standard InChI is InChI=1S/C30H37N7O2/c31-16-18-38-20-21-39-19-17-32-28-34-29(33-22-25-10-4-1-5-11-25)36-30(35-28)37(23-26-12-6-2-7-13-26)24-27-14-8-3-9-15-27/h1-15H,16-24,31H2,(H2,32,33,34,35,36). The highest BCUT2D eigenvalue weighted by Crippen LogP contribution is 2.20. The van der Waals surface area contributed by atoms with E-state index in [1.165, 1.54) is 11.1 Å². The topological polar surface area (TPSA) is 110 Å². The van der Waals surface area contributed by atoms with Crippen molar-refractivity contribution in [2.75, 3.05) is 55.1 Å². The molecule has 0 bridgehead atoms. The fraction of sp³-hybridized carbons (Fsp3) is 0.300. The first-order chi connectivity index (χ1) is 19.3. The molecule has 1 aromatic heterocycles. The second-order valence-corrected chi connectivity index (χ2v) is 8.89. The molecule has 0 saturated heterocycles. The molecule has 0 saturated carbocycles. The highest BCUT2D eigenvalue weighted by atomic mass is 16.5. The van der Waals surface area contributed by atoms with Crippen LogP contribution in [-0.2, 0) is 29.1 Å². The Morgan fingerprint density at radius 1 is 0.590 bits per heavy atom. The number of benzene rings is 3. The van der Waals surface area contributed by atoms with Gasteiger partial charge in [-0.25, -0.2) is 0 Å². The maximum Gasteiger partial charge on any atom is 0.232 e. The zero-order valence-electron chi connectivity index (χ0n) is 22.2. The summed E-state index contributed by atoms with van der Waals surface area (Å²) < 4.78 is 11.0. The van der Waals surface area contributed by atoms with Gasteiger partial charge in [-0.15, -0.1) is 0 Å². The molecule has 0 aliphatic rings. The van der Waals surface area contributed by atoms with E-state index >= 15 is 0 Å². The van der Waals surface area contributed by atoms with Crippen LogP contribution in [0.15, 0.2) is 91.0 Å². The zero-order valence-corrected chi connectivity index (χ0v) is 22.2. The van der Waals surface area contributed by atoms with Crippen molar-refractivity contribution in [1.82, 2.24) is 15.0 Å². The van der Waals surface area contributed by atoms with Crippen LogP contribution in [0.5, 0.6) is 0 Å². The van der Waals surface area contributed by atoms with Crippen LogP contribution in [0.1, 0.15) is 16.7 Å². The molecular formula is C30H37N7O2. The van der Waals surface area contributed by atoms with E-state index < -0.39 is 0 Å². The van der Waals surface area contributed by atoms with Crippen molar-refractivity contribution in [2.24, 2.45) is 5.73 Å². The van der Waals surface area contributed by atoms with Gasteiger partial charge in [0.05, 0.1) is 26.4 Å². The number of ether oxygens (including phenoxy) is 2. The summed E-state index contributed by atoms with van der Waals surface area (Å²) in [5.74, 6) is 1.59. The maximum atomic E-state index is 5.65. The molecule has 1 heterocycles. The van der Waals surface area contributed by atoms with Crippen molar-refractivity contribution in [2.45, 2.75) is 19.6 Å². The van der Waals surface area contributed by atoms with E-state index in [0.717, 1.165) is 5.56 Å². The summed E-state index contributed by atoms with van der Waals surface area (Å²) in [6.45, 7) is 5.04. The predicted octanol–water partition coefficient (Wildman–Crippen LogP) is 4.09. The van der Waals surface area contributed by atoms with Crippen LogP contribution >= 0.6 is 0 Å². The first-order valence-electron chi connectivity index (χ1n) is 13.3. The lowest BCUT2D eigenvalue weighted by atomic mass is 10.2. The molecule has 9 nitrogen and oxygen atoms in total. The number of nitrogens with one attached hydrogen (secondary N) is 2. The van der Waals surface area contributed by atoms with Gasteiger partial charge in [0.15, 0.2) is 0 Å². The minimum Gasteiger partial charge on any atom is -0.378 e. The van der Waals surface area contributed by atoms with E-state index in [0.29, 0.717) is 77.0 Å². The number of hydrogen-bond donors (Lipinski definition) is 3. The third-order valence-corrected chi connectivity index (χ3v) is 5.80. The third-order valence-electron chi connectivity index (χ3n) is 5.80. The van der Waals surface area contributed by atoms with Crippen LogP contribution in [0.4, 0.5) is 17.8 Å². The molecule has 0 spiro atoms. The van der Waals surface area contributed by atoms with E-state index in [4.69, 9.17) is 25.2 Å². The highest BCUT2D eigenvalue weighted by molar-refractivity contribution is 5.45. The molecule has 4 rings (SSSR count). The largest absolute Gasteiger partial charge is 0.378 e. The lowest BCUT2D eigenvalue weighted by Crippen LogP contribution is -2.26. The average molecular weight is 528 g/mol. The van der Waals surface area contributed by atoms with Crippen molar-refractivity contribution >= 4 is 17.8 Å². The van der Waals surface area contributed by atoms with Gasteiger partial charge in [-0.3, -0.25) is 0 Å². The van der Waals surface area contributed by atoms with Crippen LogP contribution in [0, 0.1) is 0 Å². The maximum absolute atomic E-state index is 5.65. The lowest BCUT2D eigenvalue weighted by molar-refractivity contribution is 0.0547. The first-order valence-corrected chi connectivity index (χ1v) is 13.3. The lowest BCUT2D eigenvalue weighted by Gasteiger charge is -2.24.